The molecule has 0 radical (unpaired) electrons. The van der Waals surface area contributed by atoms with Crippen LogP contribution in [0, 0.1) is 5.92 Å². The van der Waals surface area contributed by atoms with E-state index in [1.165, 1.54) is 11.3 Å². The molecule has 0 spiro atoms. The molecule has 1 N–H and O–H groups in total. The fourth-order valence-electron chi connectivity index (χ4n) is 2.56. The predicted molar refractivity (Wildman–Crippen MR) is 74.0 cm³/mol. The number of fused-ring (bicyclic) bond motifs is 1. The zero-order chi connectivity index (χ0) is 13.1. The molecule has 0 fully saturated rings. The van der Waals surface area contributed by atoms with E-state index in [2.05, 4.69) is 37.1 Å². The molecule has 1 aliphatic heterocycles. The van der Waals surface area contributed by atoms with Gasteiger partial charge in [0.25, 0.3) is 0 Å². The van der Waals surface area contributed by atoms with Crippen molar-refractivity contribution in [2.45, 2.75) is 25.9 Å². The molecule has 0 aliphatic carbocycles. The van der Waals surface area contributed by atoms with Gasteiger partial charge in [-0.3, -0.25) is 0 Å². The molecule has 2 rings (SSSR count). The number of ether oxygens (including phenoxy) is 1. The summed E-state index contributed by atoms with van der Waals surface area (Å²) in [6.07, 6.45) is 1.57. The number of likely N-dealkylation sites (N-methyl/N-ethyl adjacent to an activating group) is 1. The normalized spacial score (nSPS) is 17.7. The number of hydrogen-bond acceptors (Lipinski definition) is 3. The van der Waals surface area contributed by atoms with E-state index in [9.17, 15) is 5.11 Å². The second kappa shape index (κ2) is 5.72. The average Bonchev–Trinajstić information content (AvgIpc) is 2.76. The molecule has 1 aliphatic rings. The highest BCUT2D eigenvalue weighted by atomic mass is 16.5. The van der Waals surface area contributed by atoms with E-state index in [4.69, 9.17) is 4.74 Å². The van der Waals surface area contributed by atoms with Crippen molar-refractivity contribution in [1.29, 1.82) is 0 Å². The van der Waals surface area contributed by atoms with Gasteiger partial charge in [0, 0.05) is 33.0 Å². The van der Waals surface area contributed by atoms with Crippen LogP contribution in [-0.4, -0.2) is 32.4 Å². The lowest BCUT2D eigenvalue weighted by molar-refractivity contribution is 0.0886. The van der Waals surface area contributed by atoms with Crippen molar-refractivity contribution >= 4 is 5.69 Å². The minimum Gasteiger partial charge on any atom is -0.388 e. The van der Waals surface area contributed by atoms with Crippen LogP contribution in [0.25, 0.3) is 0 Å². The van der Waals surface area contributed by atoms with Crippen molar-refractivity contribution in [2.75, 3.05) is 32.2 Å². The fourth-order valence-corrected chi connectivity index (χ4v) is 2.56. The molecule has 1 heterocycles. The topological polar surface area (TPSA) is 32.7 Å². The number of anilines is 1. The molecule has 2 atom stereocenters. The third kappa shape index (κ3) is 2.68. The van der Waals surface area contributed by atoms with Gasteiger partial charge in [0.1, 0.15) is 0 Å². The second-order valence-corrected chi connectivity index (χ2v) is 5.26. The summed E-state index contributed by atoms with van der Waals surface area (Å²) in [5.74, 6) is 0.224. The van der Waals surface area contributed by atoms with Crippen LogP contribution in [0.1, 0.15) is 30.6 Å². The summed E-state index contributed by atoms with van der Waals surface area (Å²) in [7, 11) is 3.81. The number of aliphatic hydroxyl groups is 1. The van der Waals surface area contributed by atoms with E-state index in [1.54, 1.807) is 7.11 Å². The zero-order valence-electron chi connectivity index (χ0n) is 11.5. The highest BCUT2D eigenvalue weighted by Gasteiger charge is 2.20. The highest BCUT2D eigenvalue weighted by Crippen LogP contribution is 2.32. The van der Waals surface area contributed by atoms with Gasteiger partial charge >= 0.3 is 0 Å². The van der Waals surface area contributed by atoms with Crippen LogP contribution < -0.4 is 4.90 Å². The molecule has 1 aromatic carbocycles. The summed E-state index contributed by atoms with van der Waals surface area (Å²) >= 11 is 0. The van der Waals surface area contributed by atoms with E-state index in [-0.39, 0.29) is 5.92 Å². The summed E-state index contributed by atoms with van der Waals surface area (Å²) in [6.45, 7) is 3.85. The SMILES string of the molecule is COCCC(C)C(O)c1ccc2c(c1)CCN2C. The maximum atomic E-state index is 10.3. The number of rotatable bonds is 5. The maximum Gasteiger partial charge on any atom is 0.0816 e. The van der Waals surface area contributed by atoms with Crippen molar-refractivity contribution in [3.05, 3.63) is 29.3 Å². The van der Waals surface area contributed by atoms with Gasteiger partial charge in [0.15, 0.2) is 0 Å². The van der Waals surface area contributed by atoms with E-state index >= 15 is 0 Å². The first-order chi connectivity index (χ1) is 8.63. The van der Waals surface area contributed by atoms with Crippen LogP contribution >= 0.6 is 0 Å². The Kier molecular flexibility index (Phi) is 4.25. The molecule has 18 heavy (non-hydrogen) atoms. The largest absolute Gasteiger partial charge is 0.388 e. The summed E-state index contributed by atoms with van der Waals surface area (Å²) < 4.78 is 5.07. The van der Waals surface area contributed by atoms with Crippen LogP contribution in [0.5, 0.6) is 0 Å². The Hall–Kier alpha value is -1.06. The van der Waals surface area contributed by atoms with Gasteiger partial charge in [0.2, 0.25) is 0 Å². The third-order valence-electron chi connectivity index (χ3n) is 3.89. The van der Waals surface area contributed by atoms with Crippen molar-refractivity contribution in [2.24, 2.45) is 5.92 Å². The van der Waals surface area contributed by atoms with E-state index in [1.807, 2.05) is 0 Å². The Labute approximate surface area is 109 Å². The number of nitrogens with zero attached hydrogens (tertiary/aromatic N) is 1. The van der Waals surface area contributed by atoms with Gasteiger partial charge in [-0.25, -0.2) is 0 Å². The Morgan fingerprint density at radius 2 is 2.22 bits per heavy atom. The van der Waals surface area contributed by atoms with E-state index in [0.717, 1.165) is 24.9 Å². The maximum absolute atomic E-state index is 10.3. The minimum absolute atomic E-state index is 0.224. The Bertz CT molecular complexity index is 405. The van der Waals surface area contributed by atoms with Crippen molar-refractivity contribution < 1.29 is 9.84 Å². The molecule has 1 aromatic rings. The highest BCUT2D eigenvalue weighted by molar-refractivity contribution is 5.58. The van der Waals surface area contributed by atoms with Crippen LogP contribution in [-0.2, 0) is 11.2 Å². The molecule has 0 bridgehead atoms. The van der Waals surface area contributed by atoms with Gasteiger partial charge in [-0.1, -0.05) is 19.1 Å². The lowest BCUT2D eigenvalue weighted by atomic mass is 9.93. The van der Waals surface area contributed by atoms with Crippen molar-refractivity contribution in [1.82, 2.24) is 0 Å². The van der Waals surface area contributed by atoms with Crippen LogP contribution in [0.4, 0.5) is 5.69 Å². The molecule has 0 saturated heterocycles. The number of methoxy groups -OCH3 is 1. The first-order valence-corrected chi connectivity index (χ1v) is 6.64. The summed E-state index contributed by atoms with van der Waals surface area (Å²) in [6, 6.07) is 6.34. The molecule has 0 aromatic heterocycles. The Balaban J connectivity index is 2.09. The molecule has 3 heteroatoms. The van der Waals surface area contributed by atoms with Crippen LogP contribution in [0.15, 0.2) is 18.2 Å². The minimum atomic E-state index is -0.392. The summed E-state index contributed by atoms with van der Waals surface area (Å²) in [4.78, 5) is 2.26. The molecule has 0 saturated carbocycles. The monoisotopic (exact) mass is 249 g/mol. The van der Waals surface area contributed by atoms with E-state index in [0.29, 0.717) is 6.61 Å². The number of aliphatic hydroxyl groups excluding tert-OH is 1. The molecule has 3 nitrogen and oxygen atoms in total. The molecule has 0 amide bonds. The van der Waals surface area contributed by atoms with Gasteiger partial charge in [-0.05, 0) is 36.0 Å². The second-order valence-electron chi connectivity index (χ2n) is 5.26. The summed E-state index contributed by atoms with van der Waals surface area (Å²) in [5.41, 5.74) is 3.69. The smallest absolute Gasteiger partial charge is 0.0816 e. The third-order valence-corrected chi connectivity index (χ3v) is 3.89. The number of benzene rings is 1. The first-order valence-electron chi connectivity index (χ1n) is 6.64. The van der Waals surface area contributed by atoms with Gasteiger partial charge < -0.3 is 14.7 Å². The van der Waals surface area contributed by atoms with Crippen LogP contribution in [0.2, 0.25) is 0 Å². The zero-order valence-corrected chi connectivity index (χ0v) is 11.5. The Morgan fingerprint density at radius 3 is 2.94 bits per heavy atom. The lowest BCUT2D eigenvalue weighted by Crippen LogP contribution is -2.13. The van der Waals surface area contributed by atoms with Crippen LogP contribution in [0.3, 0.4) is 0 Å². The van der Waals surface area contributed by atoms with Gasteiger partial charge in [0.05, 0.1) is 6.10 Å². The average molecular weight is 249 g/mol. The molecular weight excluding hydrogens is 226 g/mol. The Morgan fingerprint density at radius 1 is 1.44 bits per heavy atom. The predicted octanol–water partition coefficient (Wildman–Crippen LogP) is 2.38. The molecule has 2 unspecified atom stereocenters. The fraction of sp³-hybridized carbons (Fsp3) is 0.600. The molecule has 100 valence electrons. The number of hydrogen-bond donors (Lipinski definition) is 1. The standard InChI is InChI=1S/C15H23NO2/c1-11(7-9-18-3)15(17)13-4-5-14-12(10-13)6-8-16(14)2/h4-5,10-11,15,17H,6-9H2,1-3H3. The lowest BCUT2D eigenvalue weighted by Gasteiger charge is -2.20. The quantitative estimate of drug-likeness (QED) is 0.869. The first kappa shape index (κ1) is 13.4. The van der Waals surface area contributed by atoms with Crippen molar-refractivity contribution in [3.63, 3.8) is 0 Å². The van der Waals surface area contributed by atoms with E-state index < -0.39 is 6.10 Å². The summed E-state index contributed by atoms with van der Waals surface area (Å²) in [5, 5.41) is 10.3. The molecular formula is C15H23NO2. The van der Waals surface area contributed by atoms with Gasteiger partial charge in [-0.15, -0.1) is 0 Å². The van der Waals surface area contributed by atoms with Crippen molar-refractivity contribution in [3.8, 4) is 0 Å². The van der Waals surface area contributed by atoms with Gasteiger partial charge in [-0.2, -0.15) is 0 Å².